The van der Waals surface area contributed by atoms with Crippen LogP contribution in [-0.2, 0) is 11.2 Å². The van der Waals surface area contributed by atoms with E-state index in [1.807, 2.05) is 30.3 Å². The molecule has 0 fully saturated rings. The number of benzene rings is 3. The Morgan fingerprint density at radius 3 is 2.43 bits per heavy atom. The molecule has 6 nitrogen and oxygen atoms in total. The number of rotatable bonds is 5. The lowest BCUT2D eigenvalue weighted by atomic mass is 10.1. The number of fused-ring (bicyclic) bond motifs is 1. The minimum Gasteiger partial charge on any atom is -0.482 e. The molecule has 3 amide bonds. The first-order valence-electron chi connectivity index (χ1n) is 9.53. The number of amides is 3. The van der Waals surface area contributed by atoms with E-state index in [2.05, 4.69) is 10.6 Å². The summed E-state index contributed by atoms with van der Waals surface area (Å²) in [6.45, 7) is 0.533. The minimum atomic E-state index is -0.392. The van der Waals surface area contributed by atoms with Crippen LogP contribution in [-0.4, -0.2) is 25.1 Å². The summed E-state index contributed by atoms with van der Waals surface area (Å²) in [5.41, 5.74) is 2.97. The van der Waals surface area contributed by atoms with E-state index in [0.29, 0.717) is 34.4 Å². The zero-order valence-electron chi connectivity index (χ0n) is 16.1. The fraction of sp³-hybridized carbons (Fsp3) is 0.130. The van der Waals surface area contributed by atoms with Crippen molar-refractivity contribution in [2.75, 3.05) is 28.7 Å². The molecule has 1 heterocycles. The van der Waals surface area contributed by atoms with Gasteiger partial charge < -0.3 is 20.3 Å². The summed E-state index contributed by atoms with van der Waals surface area (Å²) in [5, 5.41) is 6.13. The van der Waals surface area contributed by atoms with Gasteiger partial charge in [0.1, 0.15) is 5.75 Å². The molecule has 0 aromatic heterocycles. The first kappa shape index (κ1) is 19.8. The second-order valence-electron chi connectivity index (χ2n) is 6.84. The van der Waals surface area contributed by atoms with Crippen LogP contribution >= 0.6 is 11.6 Å². The van der Waals surface area contributed by atoms with Gasteiger partial charge in [0.25, 0.3) is 5.91 Å². The molecule has 0 radical (unpaired) electrons. The van der Waals surface area contributed by atoms with Gasteiger partial charge in [-0.05, 0) is 54.4 Å². The summed E-state index contributed by atoms with van der Waals surface area (Å²) < 4.78 is 5.55. The Morgan fingerprint density at radius 2 is 1.67 bits per heavy atom. The molecule has 1 aliphatic rings. The van der Waals surface area contributed by atoms with E-state index in [4.69, 9.17) is 16.3 Å². The van der Waals surface area contributed by atoms with Crippen molar-refractivity contribution < 1.29 is 14.3 Å². The number of hydrogen-bond acceptors (Lipinski definition) is 3. The Kier molecular flexibility index (Phi) is 5.86. The maximum atomic E-state index is 12.5. The van der Waals surface area contributed by atoms with Crippen molar-refractivity contribution in [3.05, 3.63) is 83.4 Å². The zero-order valence-corrected chi connectivity index (χ0v) is 16.9. The van der Waals surface area contributed by atoms with Crippen molar-refractivity contribution >= 4 is 40.6 Å². The number of halogens is 1. The van der Waals surface area contributed by atoms with E-state index >= 15 is 0 Å². The van der Waals surface area contributed by atoms with Gasteiger partial charge >= 0.3 is 6.03 Å². The molecule has 30 heavy (non-hydrogen) atoms. The molecule has 0 atom stereocenters. The molecule has 3 aromatic carbocycles. The molecular weight excluding hydrogens is 402 g/mol. The SMILES string of the molecule is O=C(Nc1ccc(Cl)cc1)Nc1ccc2c(c1)N(CCc1ccccc1)C(=O)CO2. The molecule has 0 unspecified atom stereocenters. The highest BCUT2D eigenvalue weighted by atomic mass is 35.5. The summed E-state index contributed by atoms with van der Waals surface area (Å²) in [5.74, 6) is 0.507. The van der Waals surface area contributed by atoms with Gasteiger partial charge in [0.2, 0.25) is 0 Å². The standard InChI is InChI=1S/C23H20ClN3O3/c24-17-6-8-18(9-7-17)25-23(29)26-19-10-11-21-20(14-19)27(22(28)15-30-21)13-12-16-4-2-1-3-5-16/h1-11,14H,12-13,15H2,(H2,25,26,29). The highest BCUT2D eigenvalue weighted by Gasteiger charge is 2.25. The summed E-state index contributed by atoms with van der Waals surface area (Å²) in [6, 6.07) is 21.7. The van der Waals surface area contributed by atoms with Crippen molar-refractivity contribution in [2.24, 2.45) is 0 Å². The normalized spacial score (nSPS) is 12.7. The van der Waals surface area contributed by atoms with E-state index in [9.17, 15) is 9.59 Å². The van der Waals surface area contributed by atoms with Gasteiger partial charge in [-0.2, -0.15) is 0 Å². The zero-order chi connectivity index (χ0) is 20.9. The molecule has 0 saturated heterocycles. The minimum absolute atomic E-state index is 0.00557. The van der Waals surface area contributed by atoms with E-state index < -0.39 is 6.03 Å². The highest BCUT2D eigenvalue weighted by Crippen LogP contribution is 2.34. The number of urea groups is 1. The maximum Gasteiger partial charge on any atom is 0.323 e. The largest absolute Gasteiger partial charge is 0.482 e. The fourth-order valence-corrected chi connectivity index (χ4v) is 3.36. The third kappa shape index (κ3) is 4.72. The Labute approximate surface area is 179 Å². The van der Waals surface area contributed by atoms with Crippen molar-refractivity contribution in [2.45, 2.75) is 6.42 Å². The molecule has 1 aliphatic heterocycles. The number of anilines is 3. The summed E-state index contributed by atoms with van der Waals surface area (Å²) in [6.07, 6.45) is 0.723. The lowest BCUT2D eigenvalue weighted by Gasteiger charge is -2.30. The van der Waals surface area contributed by atoms with Gasteiger partial charge in [-0.1, -0.05) is 41.9 Å². The average molecular weight is 422 g/mol. The molecule has 0 aliphatic carbocycles. The summed E-state index contributed by atoms with van der Waals surface area (Å²) in [4.78, 5) is 26.5. The van der Waals surface area contributed by atoms with Crippen LogP contribution in [0.25, 0.3) is 0 Å². The lowest BCUT2D eigenvalue weighted by molar-refractivity contribution is -0.121. The van der Waals surface area contributed by atoms with Gasteiger partial charge in [0, 0.05) is 22.9 Å². The van der Waals surface area contributed by atoms with Crippen LogP contribution in [0.1, 0.15) is 5.56 Å². The molecule has 0 spiro atoms. The average Bonchev–Trinajstić information content (AvgIpc) is 2.75. The van der Waals surface area contributed by atoms with Crippen molar-refractivity contribution in [3.8, 4) is 5.75 Å². The molecule has 152 valence electrons. The van der Waals surface area contributed by atoms with Gasteiger partial charge in [0.15, 0.2) is 6.61 Å². The second kappa shape index (κ2) is 8.88. The number of carbonyl (C=O) groups is 2. The van der Waals surface area contributed by atoms with Crippen molar-refractivity contribution in [1.29, 1.82) is 0 Å². The van der Waals surface area contributed by atoms with E-state index in [0.717, 1.165) is 12.0 Å². The molecule has 7 heteroatoms. The lowest BCUT2D eigenvalue weighted by Crippen LogP contribution is -2.40. The third-order valence-corrected chi connectivity index (χ3v) is 4.98. The number of hydrogen-bond donors (Lipinski definition) is 2. The maximum absolute atomic E-state index is 12.5. The quantitative estimate of drug-likeness (QED) is 0.612. The second-order valence-corrected chi connectivity index (χ2v) is 7.27. The summed E-state index contributed by atoms with van der Waals surface area (Å²) in [7, 11) is 0. The molecule has 0 saturated carbocycles. The van der Waals surface area contributed by atoms with Crippen LogP contribution in [0.15, 0.2) is 72.8 Å². The summed E-state index contributed by atoms with van der Waals surface area (Å²) >= 11 is 5.86. The van der Waals surface area contributed by atoms with E-state index in [1.165, 1.54) is 0 Å². The predicted octanol–water partition coefficient (Wildman–Crippen LogP) is 4.95. The highest BCUT2D eigenvalue weighted by molar-refractivity contribution is 6.30. The van der Waals surface area contributed by atoms with Gasteiger partial charge in [-0.25, -0.2) is 4.79 Å². The number of ether oxygens (including phenoxy) is 1. The van der Waals surface area contributed by atoms with Gasteiger partial charge in [0.05, 0.1) is 5.69 Å². The van der Waals surface area contributed by atoms with Gasteiger partial charge in [-0.15, -0.1) is 0 Å². The Balaban J connectivity index is 1.47. The predicted molar refractivity (Wildman–Crippen MR) is 119 cm³/mol. The smallest absolute Gasteiger partial charge is 0.323 e. The van der Waals surface area contributed by atoms with Gasteiger partial charge in [-0.3, -0.25) is 4.79 Å². The van der Waals surface area contributed by atoms with Crippen LogP contribution in [0.2, 0.25) is 5.02 Å². The third-order valence-electron chi connectivity index (χ3n) is 4.73. The van der Waals surface area contributed by atoms with Crippen molar-refractivity contribution in [1.82, 2.24) is 0 Å². The topological polar surface area (TPSA) is 70.7 Å². The van der Waals surface area contributed by atoms with Crippen LogP contribution in [0.4, 0.5) is 21.9 Å². The van der Waals surface area contributed by atoms with E-state index in [1.54, 1.807) is 47.4 Å². The first-order valence-corrected chi connectivity index (χ1v) is 9.91. The Hall–Kier alpha value is -3.51. The number of nitrogens with zero attached hydrogens (tertiary/aromatic N) is 1. The Morgan fingerprint density at radius 1 is 0.967 bits per heavy atom. The van der Waals surface area contributed by atoms with E-state index in [-0.39, 0.29) is 12.5 Å². The van der Waals surface area contributed by atoms with Crippen LogP contribution in [0.3, 0.4) is 0 Å². The molecular formula is C23H20ClN3O3. The number of nitrogens with one attached hydrogen (secondary N) is 2. The molecule has 0 bridgehead atoms. The molecule has 3 aromatic rings. The van der Waals surface area contributed by atoms with Crippen LogP contribution in [0.5, 0.6) is 5.75 Å². The van der Waals surface area contributed by atoms with Crippen LogP contribution in [0, 0.1) is 0 Å². The fourth-order valence-electron chi connectivity index (χ4n) is 3.24. The Bertz CT molecular complexity index is 1060. The van der Waals surface area contributed by atoms with Crippen LogP contribution < -0.4 is 20.3 Å². The monoisotopic (exact) mass is 421 g/mol. The molecule has 4 rings (SSSR count). The van der Waals surface area contributed by atoms with Crippen molar-refractivity contribution in [3.63, 3.8) is 0 Å². The number of carbonyl (C=O) groups excluding carboxylic acids is 2. The molecule has 2 N–H and O–H groups in total. The first-order chi connectivity index (χ1) is 14.6.